The molecule has 7 heteroatoms. The molecule has 2 unspecified atom stereocenters. The third kappa shape index (κ3) is 3.83. The molecule has 1 fully saturated rings. The smallest absolute Gasteiger partial charge is 0.255 e. The van der Waals surface area contributed by atoms with Crippen LogP contribution in [0.15, 0.2) is 53.5 Å². The number of rotatable bonds is 3. The van der Waals surface area contributed by atoms with Crippen molar-refractivity contribution in [3.8, 4) is 5.69 Å². The third-order valence-electron chi connectivity index (χ3n) is 4.65. The van der Waals surface area contributed by atoms with E-state index in [-0.39, 0.29) is 29.5 Å². The summed E-state index contributed by atoms with van der Waals surface area (Å²) in [4.78, 5) is 37.4. The maximum atomic E-state index is 12.5. The van der Waals surface area contributed by atoms with E-state index in [0.29, 0.717) is 30.8 Å². The van der Waals surface area contributed by atoms with Crippen molar-refractivity contribution in [1.82, 2.24) is 14.8 Å². The van der Waals surface area contributed by atoms with Crippen molar-refractivity contribution in [2.45, 2.75) is 25.4 Å². The van der Waals surface area contributed by atoms with Crippen LogP contribution in [-0.2, 0) is 4.79 Å². The van der Waals surface area contributed by atoms with Gasteiger partial charge in [-0.25, -0.2) is 0 Å². The number of nitrogens with two attached hydrogens (primary N) is 1. The highest BCUT2D eigenvalue weighted by Gasteiger charge is 2.29. The number of likely N-dealkylation sites (tertiary alicyclic amines) is 1. The maximum absolute atomic E-state index is 12.5. The molecule has 1 aliphatic heterocycles. The molecule has 0 bridgehead atoms. The van der Waals surface area contributed by atoms with E-state index in [1.54, 1.807) is 47.5 Å². The number of benzene rings is 1. The first kappa shape index (κ1) is 17.9. The van der Waals surface area contributed by atoms with E-state index in [2.05, 4.69) is 5.32 Å². The van der Waals surface area contributed by atoms with Crippen molar-refractivity contribution >= 4 is 11.8 Å². The number of pyridine rings is 1. The van der Waals surface area contributed by atoms with Crippen LogP contribution in [-0.4, -0.2) is 46.5 Å². The van der Waals surface area contributed by atoms with E-state index < -0.39 is 0 Å². The highest BCUT2D eigenvalue weighted by atomic mass is 16.2. The Morgan fingerprint density at radius 1 is 1.15 bits per heavy atom. The molecule has 2 atom stereocenters. The molecule has 0 saturated carbocycles. The normalized spacial score (nSPS) is 19.8. The lowest BCUT2D eigenvalue weighted by Gasteiger charge is -2.36. The molecule has 26 heavy (non-hydrogen) atoms. The van der Waals surface area contributed by atoms with Crippen LogP contribution in [0.3, 0.4) is 0 Å². The van der Waals surface area contributed by atoms with Gasteiger partial charge in [0.25, 0.3) is 11.5 Å². The molecule has 1 aromatic heterocycles. The van der Waals surface area contributed by atoms with Crippen LogP contribution in [0.1, 0.15) is 23.7 Å². The summed E-state index contributed by atoms with van der Waals surface area (Å²) >= 11 is 0. The Morgan fingerprint density at radius 2 is 1.88 bits per heavy atom. The predicted octanol–water partition coefficient (Wildman–Crippen LogP) is 0.515. The fraction of sp³-hybridized carbons (Fsp3) is 0.316. The average molecular weight is 354 g/mol. The van der Waals surface area contributed by atoms with Crippen molar-refractivity contribution < 1.29 is 9.59 Å². The minimum Gasteiger partial charge on any atom is -0.348 e. The van der Waals surface area contributed by atoms with Crippen LogP contribution in [0.2, 0.25) is 0 Å². The Bertz CT molecular complexity index is 860. The monoisotopic (exact) mass is 354 g/mol. The molecule has 1 aliphatic rings. The first-order chi connectivity index (χ1) is 12.5. The van der Waals surface area contributed by atoms with Gasteiger partial charge in [-0.15, -0.1) is 0 Å². The van der Waals surface area contributed by atoms with Crippen molar-refractivity contribution in [3.63, 3.8) is 0 Å². The summed E-state index contributed by atoms with van der Waals surface area (Å²) in [6.07, 6.45) is 2.31. The largest absolute Gasteiger partial charge is 0.348 e. The Hall–Kier alpha value is -2.93. The molecule has 2 heterocycles. The quantitative estimate of drug-likeness (QED) is 0.839. The number of hydrogen-bond donors (Lipinski definition) is 2. The molecule has 1 saturated heterocycles. The highest BCUT2D eigenvalue weighted by Crippen LogP contribution is 2.12. The van der Waals surface area contributed by atoms with Crippen LogP contribution in [0, 0.1) is 0 Å². The average Bonchev–Trinajstić information content (AvgIpc) is 2.63. The van der Waals surface area contributed by atoms with E-state index in [9.17, 15) is 14.4 Å². The molecule has 0 radical (unpaired) electrons. The van der Waals surface area contributed by atoms with Crippen LogP contribution in [0.25, 0.3) is 5.69 Å². The van der Waals surface area contributed by atoms with Crippen LogP contribution >= 0.6 is 0 Å². The van der Waals surface area contributed by atoms with Crippen molar-refractivity contribution in [2.24, 2.45) is 5.73 Å². The molecular weight excluding hydrogens is 332 g/mol. The molecule has 3 N–H and O–H groups in total. The second kappa shape index (κ2) is 7.53. The maximum Gasteiger partial charge on any atom is 0.255 e. The number of carbonyl (C=O) groups is 2. The lowest BCUT2D eigenvalue weighted by Crippen LogP contribution is -2.58. The molecular formula is C19H22N4O3. The predicted molar refractivity (Wildman–Crippen MR) is 98.1 cm³/mol. The molecule has 3 rings (SSSR count). The zero-order valence-electron chi connectivity index (χ0n) is 14.6. The first-order valence-corrected chi connectivity index (χ1v) is 8.56. The van der Waals surface area contributed by atoms with Gasteiger partial charge in [0.15, 0.2) is 0 Å². The highest BCUT2D eigenvalue weighted by molar-refractivity contribution is 5.94. The van der Waals surface area contributed by atoms with Gasteiger partial charge in [0.1, 0.15) is 0 Å². The molecule has 136 valence electrons. The van der Waals surface area contributed by atoms with Crippen LogP contribution in [0.5, 0.6) is 0 Å². The SMILES string of the molecule is CC(=O)N1CCC(NC(=O)c2ccc(-n3ccccc3=O)cc2)C(N)C1. The van der Waals surface area contributed by atoms with Gasteiger partial charge in [0.2, 0.25) is 5.91 Å². The number of carbonyl (C=O) groups excluding carboxylic acids is 2. The topological polar surface area (TPSA) is 97.4 Å². The fourth-order valence-corrected chi connectivity index (χ4v) is 3.11. The van der Waals surface area contributed by atoms with Crippen molar-refractivity contribution in [2.75, 3.05) is 13.1 Å². The van der Waals surface area contributed by atoms with Gasteiger partial charge < -0.3 is 16.0 Å². The fourth-order valence-electron chi connectivity index (χ4n) is 3.11. The number of amides is 2. The van der Waals surface area contributed by atoms with Gasteiger partial charge >= 0.3 is 0 Å². The van der Waals surface area contributed by atoms with Gasteiger partial charge in [0, 0.05) is 55.6 Å². The van der Waals surface area contributed by atoms with E-state index in [4.69, 9.17) is 5.73 Å². The van der Waals surface area contributed by atoms with Gasteiger partial charge in [-0.1, -0.05) is 6.07 Å². The van der Waals surface area contributed by atoms with E-state index in [1.807, 2.05) is 0 Å². The third-order valence-corrected chi connectivity index (χ3v) is 4.65. The summed E-state index contributed by atoms with van der Waals surface area (Å²) in [7, 11) is 0. The summed E-state index contributed by atoms with van der Waals surface area (Å²) in [5.41, 5.74) is 7.16. The number of aromatic nitrogens is 1. The van der Waals surface area contributed by atoms with Gasteiger partial charge in [-0.3, -0.25) is 19.0 Å². The number of nitrogens with zero attached hydrogens (tertiary/aromatic N) is 2. The number of nitrogens with one attached hydrogen (secondary N) is 1. The number of piperidine rings is 1. The molecule has 2 amide bonds. The molecule has 1 aromatic carbocycles. The standard InChI is InChI=1S/C19H22N4O3/c1-13(24)22-11-9-17(16(20)12-22)21-19(26)14-5-7-15(8-6-14)23-10-3-2-4-18(23)25/h2-8,10,16-17H,9,11-12,20H2,1H3,(H,21,26). The lowest BCUT2D eigenvalue weighted by atomic mass is 9.99. The molecule has 0 aliphatic carbocycles. The van der Waals surface area contributed by atoms with E-state index >= 15 is 0 Å². The van der Waals surface area contributed by atoms with E-state index in [1.165, 1.54) is 17.6 Å². The molecule has 7 nitrogen and oxygen atoms in total. The Labute approximate surface area is 151 Å². The van der Waals surface area contributed by atoms with E-state index in [0.717, 1.165) is 0 Å². The lowest BCUT2D eigenvalue weighted by molar-refractivity contribution is -0.130. The summed E-state index contributed by atoms with van der Waals surface area (Å²) in [6.45, 7) is 2.55. The summed E-state index contributed by atoms with van der Waals surface area (Å²) < 4.78 is 1.51. The Balaban J connectivity index is 1.67. The Morgan fingerprint density at radius 3 is 2.50 bits per heavy atom. The van der Waals surface area contributed by atoms with Gasteiger partial charge in [-0.05, 0) is 36.8 Å². The molecule has 2 aromatic rings. The van der Waals surface area contributed by atoms with Crippen molar-refractivity contribution in [3.05, 3.63) is 64.6 Å². The summed E-state index contributed by atoms with van der Waals surface area (Å²) in [5, 5.41) is 2.94. The van der Waals surface area contributed by atoms with Crippen LogP contribution < -0.4 is 16.6 Å². The summed E-state index contributed by atoms with van der Waals surface area (Å²) in [5.74, 6) is -0.217. The minimum atomic E-state index is -0.293. The second-order valence-electron chi connectivity index (χ2n) is 6.45. The molecule has 0 spiro atoms. The summed E-state index contributed by atoms with van der Waals surface area (Å²) in [6, 6.07) is 11.3. The van der Waals surface area contributed by atoms with Crippen LogP contribution in [0.4, 0.5) is 0 Å². The van der Waals surface area contributed by atoms with Gasteiger partial charge in [-0.2, -0.15) is 0 Å². The first-order valence-electron chi connectivity index (χ1n) is 8.56. The zero-order valence-corrected chi connectivity index (χ0v) is 14.6. The minimum absolute atomic E-state index is 0.00281. The zero-order chi connectivity index (χ0) is 18.7. The number of hydrogen-bond acceptors (Lipinski definition) is 4. The Kier molecular flexibility index (Phi) is 5.18. The van der Waals surface area contributed by atoms with Gasteiger partial charge in [0.05, 0.1) is 0 Å². The van der Waals surface area contributed by atoms with Crippen molar-refractivity contribution in [1.29, 1.82) is 0 Å². The second-order valence-corrected chi connectivity index (χ2v) is 6.45.